The summed E-state index contributed by atoms with van der Waals surface area (Å²) >= 11 is 0. The summed E-state index contributed by atoms with van der Waals surface area (Å²) in [7, 11) is 1.37. The molecule has 4 rings (SSSR count). The number of methoxy groups -OCH3 is 1. The van der Waals surface area contributed by atoms with Crippen LogP contribution in [0, 0.1) is 0 Å². The standard InChI is InChI=1S/C15H16N6O2/c1-23-15(22)13-7-12-10-19(5-6-20(12)18-13)9-11-8-17-21-4-2-3-16-14(11)21/h2-4,7-8H,5-6,9-10H2,1H3. The molecule has 1 aliphatic heterocycles. The number of fused-ring (bicyclic) bond motifs is 2. The lowest BCUT2D eigenvalue weighted by molar-refractivity contribution is 0.0593. The van der Waals surface area contributed by atoms with Crippen LogP contribution < -0.4 is 0 Å². The van der Waals surface area contributed by atoms with E-state index in [4.69, 9.17) is 4.74 Å². The summed E-state index contributed by atoms with van der Waals surface area (Å²) < 4.78 is 8.38. The highest BCUT2D eigenvalue weighted by molar-refractivity contribution is 5.87. The van der Waals surface area contributed by atoms with Crippen molar-refractivity contribution in [3.8, 4) is 0 Å². The maximum atomic E-state index is 11.6. The van der Waals surface area contributed by atoms with E-state index < -0.39 is 5.97 Å². The van der Waals surface area contributed by atoms with Gasteiger partial charge in [-0.3, -0.25) is 9.58 Å². The Labute approximate surface area is 132 Å². The average molecular weight is 312 g/mol. The van der Waals surface area contributed by atoms with E-state index in [2.05, 4.69) is 20.1 Å². The van der Waals surface area contributed by atoms with Crippen LogP contribution in [0.3, 0.4) is 0 Å². The summed E-state index contributed by atoms with van der Waals surface area (Å²) in [5, 5.41) is 8.61. The fourth-order valence-electron chi connectivity index (χ4n) is 2.89. The Morgan fingerprint density at radius 3 is 3.17 bits per heavy atom. The lowest BCUT2D eigenvalue weighted by atomic mass is 10.2. The van der Waals surface area contributed by atoms with Gasteiger partial charge in [-0.05, 0) is 12.1 Å². The summed E-state index contributed by atoms with van der Waals surface area (Å²) in [6.07, 6.45) is 5.52. The Balaban J connectivity index is 1.54. The van der Waals surface area contributed by atoms with E-state index in [1.165, 1.54) is 7.11 Å². The van der Waals surface area contributed by atoms with Gasteiger partial charge in [-0.2, -0.15) is 10.2 Å². The van der Waals surface area contributed by atoms with Crippen LogP contribution in [-0.4, -0.2) is 48.9 Å². The first-order chi connectivity index (χ1) is 11.2. The fraction of sp³-hybridized carbons (Fsp3) is 0.333. The van der Waals surface area contributed by atoms with Crippen molar-refractivity contribution in [2.75, 3.05) is 13.7 Å². The molecule has 118 valence electrons. The van der Waals surface area contributed by atoms with Crippen LogP contribution in [0.1, 0.15) is 21.7 Å². The van der Waals surface area contributed by atoms with E-state index in [1.807, 2.05) is 23.1 Å². The van der Waals surface area contributed by atoms with Gasteiger partial charge in [-0.25, -0.2) is 14.3 Å². The second-order valence-corrected chi connectivity index (χ2v) is 5.50. The molecular formula is C15H16N6O2. The third kappa shape index (κ3) is 2.46. The smallest absolute Gasteiger partial charge is 0.358 e. The molecule has 0 fully saturated rings. The maximum Gasteiger partial charge on any atom is 0.358 e. The van der Waals surface area contributed by atoms with Crippen molar-refractivity contribution in [2.24, 2.45) is 0 Å². The van der Waals surface area contributed by atoms with E-state index >= 15 is 0 Å². The van der Waals surface area contributed by atoms with Crippen molar-refractivity contribution < 1.29 is 9.53 Å². The number of nitrogens with zero attached hydrogens (tertiary/aromatic N) is 6. The van der Waals surface area contributed by atoms with Gasteiger partial charge in [-0.1, -0.05) is 0 Å². The predicted octanol–water partition coefficient (Wildman–Crippen LogP) is 0.728. The molecule has 8 heteroatoms. The Hall–Kier alpha value is -2.74. The number of esters is 1. The van der Waals surface area contributed by atoms with Gasteiger partial charge in [0, 0.05) is 37.6 Å². The van der Waals surface area contributed by atoms with Crippen LogP contribution in [0.15, 0.2) is 30.7 Å². The molecular weight excluding hydrogens is 296 g/mol. The Morgan fingerprint density at radius 1 is 1.39 bits per heavy atom. The molecule has 1 aliphatic rings. The number of carbonyl (C=O) groups is 1. The topological polar surface area (TPSA) is 77.6 Å². The maximum absolute atomic E-state index is 11.6. The molecule has 0 aromatic carbocycles. The minimum Gasteiger partial charge on any atom is -0.464 e. The monoisotopic (exact) mass is 312 g/mol. The second kappa shape index (κ2) is 5.47. The molecule has 0 atom stereocenters. The van der Waals surface area contributed by atoms with E-state index in [0.717, 1.165) is 43.1 Å². The second-order valence-electron chi connectivity index (χ2n) is 5.50. The normalized spacial score (nSPS) is 14.8. The lowest BCUT2D eigenvalue weighted by Gasteiger charge is -2.26. The highest BCUT2D eigenvalue weighted by Gasteiger charge is 2.22. The molecule has 0 saturated heterocycles. The number of hydrogen-bond acceptors (Lipinski definition) is 6. The summed E-state index contributed by atoms with van der Waals surface area (Å²) in [5.41, 5.74) is 3.34. The van der Waals surface area contributed by atoms with Gasteiger partial charge in [0.15, 0.2) is 11.3 Å². The molecule has 0 radical (unpaired) electrons. The number of aromatic nitrogens is 5. The molecule has 0 aliphatic carbocycles. The Morgan fingerprint density at radius 2 is 2.30 bits per heavy atom. The first-order valence-corrected chi connectivity index (χ1v) is 7.39. The molecule has 0 unspecified atom stereocenters. The highest BCUT2D eigenvalue weighted by atomic mass is 16.5. The van der Waals surface area contributed by atoms with Crippen molar-refractivity contribution in [1.29, 1.82) is 0 Å². The molecule has 0 saturated carbocycles. The molecule has 23 heavy (non-hydrogen) atoms. The first-order valence-electron chi connectivity index (χ1n) is 7.39. The summed E-state index contributed by atoms with van der Waals surface area (Å²) in [4.78, 5) is 18.3. The molecule has 0 N–H and O–H groups in total. The van der Waals surface area contributed by atoms with Crippen LogP contribution in [0.2, 0.25) is 0 Å². The SMILES string of the molecule is COC(=O)c1cc2n(n1)CCN(Cc1cnn3cccnc13)C2. The van der Waals surface area contributed by atoms with Crippen molar-refractivity contribution in [2.45, 2.75) is 19.6 Å². The fourth-order valence-corrected chi connectivity index (χ4v) is 2.89. The molecule has 0 amide bonds. The Bertz CT molecular complexity index is 868. The molecule has 3 aromatic heterocycles. The zero-order valence-electron chi connectivity index (χ0n) is 12.7. The number of carbonyl (C=O) groups excluding carboxylic acids is 1. The zero-order valence-corrected chi connectivity index (χ0v) is 12.7. The molecule has 0 bridgehead atoms. The van der Waals surface area contributed by atoms with Crippen molar-refractivity contribution >= 4 is 11.6 Å². The molecule has 3 aromatic rings. The van der Waals surface area contributed by atoms with Gasteiger partial charge >= 0.3 is 5.97 Å². The van der Waals surface area contributed by atoms with Gasteiger partial charge in [0.1, 0.15) is 0 Å². The third-order valence-electron chi connectivity index (χ3n) is 4.02. The van der Waals surface area contributed by atoms with Crippen molar-refractivity contribution in [3.05, 3.63) is 47.7 Å². The van der Waals surface area contributed by atoms with E-state index in [9.17, 15) is 4.79 Å². The van der Waals surface area contributed by atoms with Crippen molar-refractivity contribution in [1.82, 2.24) is 29.3 Å². The molecule has 8 nitrogen and oxygen atoms in total. The van der Waals surface area contributed by atoms with Gasteiger partial charge in [0.25, 0.3) is 0 Å². The van der Waals surface area contributed by atoms with Crippen LogP contribution in [0.4, 0.5) is 0 Å². The summed E-state index contributed by atoms with van der Waals surface area (Å²) in [6.45, 7) is 3.10. The number of rotatable bonds is 3. The van der Waals surface area contributed by atoms with Crippen LogP contribution in [-0.2, 0) is 24.4 Å². The van der Waals surface area contributed by atoms with E-state index in [0.29, 0.717) is 5.69 Å². The lowest BCUT2D eigenvalue weighted by Crippen LogP contribution is -2.33. The van der Waals surface area contributed by atoms with Crippen molar-refractivity contribution in [3.63, 3.8) is 0 Å². The van der Waals surface area contributed by atoms with Gasteiger partial charge in [-0.15, -0.1) is 0 Å². The molecule has 0 spiro atoms. The zero-order chi connectivity index (χ0) is 15.8. The predicted molar refractivity (Wildman–Crippen MR) is 80.7 cm³/mol. The van der Waals surface area contributed by atoms with Crippen LogP contribution in [0.25, 0.3) is 5.65 Å². The average Bonchev–Trinajstić information content (AvgIpc) is 3.18. The van der Waals surface area contributed by atoms with Crippen LogP contribution >= 0.6 is 0 Å². The minimum absolute atomic E-state index is 0.363. The van der Waals surface area contributed by atoms with Gasteiger partial charge in [0.2, 0.25) is 0 Å². The van der Waals surface area contributed by atoms with E-state index in [1.54, 1.807) is 16.8 Å². The number of ether oxygens (including phenoxy) is 1. The van der Waals surface area contributed by atoms with Gasteiger partial charge in [0.05, 0.1) is 25.5 Å². The first kappa shape index (κ1) is 13.9. The summed E-state index contributed by atoms with van der Waals surface area (Å²) in [5.74, 6) is -0.398. The van der Waals surface area contributed by atoms with Crippen LogP contribution in [0.5, 0.6) is 0 Å². The number of hydrogen-bond donors (Lipinski definition) is 0. The van der Waals surface area contributed by atoms with Gasteiger partial charge < -0.3 is 4.74 Å². The van der Waals surface area contributed by atoms with E-state index in [-0.39, 0.29) is 0 Å². The minimum atomic E-state index is -0.398. The quantitative estimate of drug-likeness (QED) is 0.664. The third-order valence-corrected chi connectivity index (χ3v) is 4.02. The highest BCUT2D eigenvalue weighted by Crippen LogP contribution is 2.18. The summed E-state index contributed by atoms with van der Waals surface area (Å²) in [6, 6.07) is 3.66. The Kier molecular flexibility index (Phi) is 3.30. The largest absolute Gasteiger partial charge is 0.464 e. The molecule has 4 heterocycles.